The first-order valence-corrected chi connectivity index (χ1v) is 6.84. The van der Waals surface area contributed by atoms with E-state index in [0.29, 0.717) is 0 Å². The fourth-order valence-electron chi connectivity index (χ4n) is 3.45. The first kappa shape index (κ1) is 10.1. The van der Waals surface area contributed by atoms with Crippen molar-refractivity contribution in [3.63, 3.8) is 0 Å². The molecule has 0 radical (unpaired) electrons. The van der Waals surface area contributed by atoms with Gasteiger partial charge in [-0.15, -0.1) is 0 Å². The molecule has 2 atom stereocenters. The molecule has 17 heavy (non-hydrogen) atoms. The smallest absolute Gasteiger partial charge is 0.0951 e. The monoisotopic (exact) mass is 232 g/mol. The molecule has 2 aliphatic heterocycles. The number of nitrogens with one attached hydrogen (secondary N) is 1. The average molecular weight is 232 g/mol. The third-order valence-electron chi connectivity index (χ3n) is 4.54. The van der Waals surface area contributed by atoms with E-state index in [9.17, 15) is 0 Å². The molecule has 4 rings (SSSR count). The van der Waals surface area contributed by atoms with Gasteiger partial charge >= 0.3 is 0 Å². The second kappa shape index (κ2) is 3.82. The lowest BCUT2D eigenvalue weighted by molar-refractivity contribution is 0.297. The Labute approximate surface area is 102 Å². The third kappa shape index (κ3) is 1.79. The Bertz CT molecular complexity index is 397. The zero-order chi connectivity index (χ0) is 11.2. The van der Waals surface area contributed by atoms with Crippen LogP contribution in [0.2, 0.25) is 0 Å². The summed E-state index contributed by atoms with van der Waals surface area (Å²) in [6, 6.07) is 0.760. The number of aromatic nitrogens is 2. The van der Waals surface area contributed by atoms with Gasteiger partial charge in [-0.05, 0) is 37.8 Å². The highest BCUT2D eigenvalue weighted by Crippen LogP contribution is 2.36. The highest BCUT2D eigenvalue weighted by atomic mass is 15.2. The van der Waals surface area contributed by atoms with Crippen molar-refractivity contribution in [3.8, 4) is 0 Å². The maximum atomic E-state index is 4.32. The minimum Gasteiger partial charge on any atom is -0.330 e. The lowest BCUT2D eigenvalue weighted by Crippen LogP contribution is -2.26. The lowest BCUT2D eigenvalue weighted by Gasteiger charge is -2.17. The van der Waals surface area contributed by atoms with Crippen LogP contribution in [0.25, 0.3) is 0 Å². The van der Waals surface area contributed by atoms with Crippen molar-refractivity contribution < 1.29 is 0 Å². The minimum absolute atomic E-state index is 0.760. The van der Waals surface area contributed by atoms with Crippen LogP contribution < -0.4 is 5.32 Å². The first-order chi connectivity index (χ1) is 8.40. The molecule has 1 aliphatic carbocycles. The van der Waals surface area contributed by atoms with Crippen molar-refractivity contribution in [1.82, 2.24) is 19.8 Å². The summed E-state index contributed by atoms with van der Waals surface area (Å²) in [7, 11) is 0. The van der Waals surface area contributed by atoms with Crippen molar-refractivity contribution in [3.05, 3.63) is 18.2 Å². The Kier molecular flexibility index (Phi) is 2.27. The normalized spacial score (nSPS) is 33.2. The van der Waals surface area contributed by atoms with Gasteiger partial charge in [0.05, 0.1) is 12.0 Å². The van der Waals surface area contributed by atoms with Gasteiger partial charge in [-0.25, -0.2) is 4.98 Å². The molecule has 0 bridgehead atoms. The molecule has 4 heteroatoms. The maximum Gasteiger partial charge on any atom is 0.0951 e. The van der Waals surface area contributed by atoms with Crippen LogP contribution in [0.4, 0.5) is 0 Å². The predicted molar refractivity (Wildman–Crippen MR) is 65.6 cm³/mol. The van der Waals surface area contributed by atoms with Gasteiger partial charge in [-0.1, -0.05) is 0 Å². The van der Waals surface area contributed by atoms with Gasteiger partial charge in [0.1, 0.15) is 0 Å². The molecular weight excluding hydrogens is 212 g/mol. The van der Waals surface area contributed by atoms with Gasteiger partial charge in [0.25, 0.3) is 0 Å². The molecule has 2 saturated heterocycles. The molecule has 1 aromatic heterocycles. The molecule has 3 fully saturated rings. The zero-order valence-electron chi connectivity index (χ0n) is 10.2. The van der Waals surface area contributed by atoms with Crippen molar-refractivity contribution in [2.75, 3.05) is 26.2 Å². The standard InChI is InChI=1S/C13H20N4/c1-2-12(1)17-9-15-5-13(17)8-16-6-10-3-14-4-11(10)7-16/h5,9-12,14H,1-4,6-8H2. The zero-order valence-corrected chi connectivity index (χ0v) is 10.2. The molecule has 4 nitrogen and oxygen atoms in total. The Morgan fingerprint density at radius 1 is 1.24 bits per heavy atom. The number of imidazole rings is 1. The Morgan fingerprint density at radius 2 is 2.00 bits per heavy atom. The number of hydrogen-bond acceptors (Lipinski definition) is 3. The van der Waals surface area contributed by atoms with E-state index in [1.54, 1.807) is 0 Å². The summed E-state index contributed by atoms with van der Waals surface area (Å²) >= 11 is 0. The number of likely N-dealkylation sites (tertiary alicyclic amines) is 1. The number of fused-ring (bicyclic) bond motifs is 1. The van der Waals surface area contributed by atoms with Crippen LogP contribution in [0.3, 0.4) is 0 Å². The Hall–Kier alpha value is -0.870. The first-order valence-electron chi connectivity index (χ1n) is 6.84. The molecule has 0 spiro atoms. The van der Waals surface area contributed by atoms with Crippen LogP contribution in [0.5, 0.6) is 0 Å². The summed E-state index contributed by atoms with van der Waals surface area (Å²) in [5.74, 6) is 1.79. The minimum atomic E-state index is 0.760. The fourth-order valence-corrected chi connectivity index (χ4v) is 3.45. The van der Waals surface area contributed by atoms with Gasteiger partial charge in [-0.3, -0.25) is 4.90 Å². The summed E-state index contributed by atoms with van der Waals surface area (Å²) in [4.78, 5) is 6.94. The van der Waals surface area contributed by atoms with E-state index in [0.717, 1.165) is 24.4 Å². The summed E-state index contributed by atoms with van der Waals surface area (Å²) in [5.41, 5.74) is 1.42. The largest absolute Gasteiger partial charge is 0.330 e. The summed E-state index contributed by atoms with van der Waals surface area (Å²) in [6.45, 7) is 6.09. The van der Waals surface area contributed by atoms with Crippen LogP contribution in [-0.4, -0.2) is 40.6 Å². The summed E-state index contributed by atoms with van der Waals surface area (Å²) in [6.07, 6.45) is 6.77. The highest BCUT2D eigenvalue weighted by Gasteiger charge is 2.36. The molecule has 3 heterocycles. The van der Waals surface area contributed by atoms with Crippen molar-refractivity contribution in [2.45, 2.75) is 25.4 Å². The molecule has 2 unspecified atom stereocenters. The highest BCUT2D eigenvalue weighted by molar-refractivity contribution is 5.05. The topological polar surface area (TPSA) is 33.1 Å². The van der Waals surface area contributed by atoms with Gasteiger partial charge in [0.2, 0.25) is 0 Å². The van der Waals surface area contributed by atoms with E-state index >= 15 is 0 Å². The number of rotatable bonds is 3. The average Bonchev–Trinajstić information content (AvgIpc) is 2.72. The number of nitrogens with zero attached hydrogens (tertiary/aromatic N) is 3. The van der Waals surface area contributed by atoms with Crippen LogP contribution in [0.15, 0.2) is 12.5 Å². The van der Waals surface area contributed by atoms with E-state index in [-0.39, 0.29) is 0 Å². The van der Waals surface area contributed by atoms with Gasteiger partial charge in [0.15, 0.2) is 0 Å². The molecule has 0 aromatic carbocycles. The summed E-state index contributed by atoms with van der Waals surface area (Å²) < 4.78 is 2.40. The van der Waals surface area contributed by atoms with Gasteiger partial charge in [-0.2, -0.15) is 0 Å². The Balaban J connectivity index is 1.45. The van der Waals surface area contributed by atoms with Crippen molar-refractivity contribution in [1.29, 1.82) is 0 Å². The van der Waals surface area contributed by atoms with E-state index in [1.165, 1.54) is 44.7 Å². The summed E-state index contributed by atoms with van der Waals surface area (Å²) in [5, 5.41) is 3.50. The molecule has 1 N–H and O–H groups in total. The Morgan fingerprint density at radius 3 is 2.71 bits per heavy atom. The molecule has 1 aromatic rings. The quantitative estimate of drug-likeness (QED) is 0.839. The molecule has 3 aliphatic rings. The second-order valence-electron chi connectivity index (χ2n) is 5.90. The number of hydrogen-bond donors (Lipinski definition) is 1. The lowest BCUT2D eigenvalue weighted by atomic mass is 10.0. The van der Waals surface area contributed by atoms with E-state index in [2.05, 4.69) is 26.0 Å². The fraction of sp³-hybridized carbons (Fsp3) is 0.769. The van der Waals surface area contributed by atoms with Gasteiger partial charge in [0, 0.05) is 31.9 Å². The third-order valence-corrected chi connectivity index (χ3v) is 4.54. The van der Waals surface area contributed by atoms with E-state index in [4.69, 9.17) is 0 Å². The molecule has 92 valence electrons. The van der Waals surface area contributed by atoms with Crippen molar-refractivity contribution >= 4 is 0 Å². The van der Waals surface area contributed by atoms with Crippen LogP contribution >= 0.6 is 0 Å². The van der Waals surface area contributed by atoms with Crippen LogP contribution in [-0.2, 0) is 6.54 Å². The van der Waals surface area contributed by atoms with Crippen LogP contribution in [0.1, 0.15) is 24.6 Å². The molecule has 0 amide bonds. The maximum absolute atomic E-state index is 4.32. The van der Waals surface area contributed by atoms with E-state index < -0.39 is 0 Å². The van der Waals surface area contributed by atoms with Crippen LogP contribution in [0, 0.1) is 11.8 Å². The molecular formula is C13H20N4. The SMILES string of the molecule is c1ncn(C2CC2)c1CN1CC2CNCC2C1. The van der Waals surface area contributed by atoms with Gasteiger partial charge < -0.3 is 9.88 Å². The predicted octanol–water partition coefficient (Wildman–Crippen LogP) is 0.869. The molecule has 1 saturated carbocycles. The second-order valence-corrected chi connectivity index (χ2v) is 5.90. The van der Waals surface area contributed by atoms with E-state index in [1.807, 2.05) is 6.33 Å². The van der Waals surface area contributed by atoms with Crippen molar-refractivity contribution in [2.24, 2.45) is 11.8 Å².